The Bertz CT molecular complexity index is 487. The Labute approximate surface area is 146 Å². The van der Waals surface area contributed by atoms with Crippen LogP contribution in [0.25, 0.3) is 6.08 Å². The Balaban J connectivity index is 2.57. The molecule has 1 rings (SSSR count). The molecule has 0 aliphatic heterocycles. The molecule has 1 atom stereocenters. The zero-order valence-electron chi connectivity index (χ0n) is 12.5. The molecule has 0 heterocycles. The third kappa shape index (κ3) is 8.01. The number of carbonyl (C=O) groups excluding carboxylic acids is 1. The smallest absolute Gasteiger partial charge is 0.245 e. The van der Waals surface area contributed by atoms with E-state index in [-0.39, 0.29) is 5.91 Å². The van der Waals surface area contributed by atoms with Crippen LogP contribution in [0.4, 0.5) is 0 Å². The lowest BCUT2D eigenvalue weighted by Gasteiger charge is -2.26. The summed E-state index contributed by atoms with van der Waals surface area (Å²) >= 11 is 17.7. The van der Waals surface area contributed by atoms with Crippen molar-refractivity contribution in [2.45, 2.75) is 9.96 Å². The Morgan fingerprint density at radius 2 is 1.91 bits per heavy atom. The van der Waals surface area contributed by atoms with Gasteiger partial charge in [0, 0.05) is 19.2 Å². The van der Waals surface area contributed by atoms with Crippen LogP contribution in [-0.4, -0.2) is 48.0 Å². The lowest BCUT2D eigenvalue weighted by Crippen LogP contribution is -2.54. The minimum Gasteiger partial charge on any atom is -0.333 e. The first-order valence-corrected chi connectivity index (χ1v) is 7.91. The van der Waals surface area contributed by atoms with Gasteiger partial charge in [0.15, 0.2) is 0 Å². The Morgan fingerprint density at radius 1 is 1.27 bits per heavy atom. The van der Waals surface area contributed by atoms with E-state index in [2.05, 4.69) is 10.6 Å². The van der Waals surface area contributed by atoms with Crippen LogP contribution in [0.15, 0.2) is 36.4 Å². The summed E-state index contributed by atoms with van der Waals surface area (Å²) < 4.78 is -1.64. The minimum absolute atomic E-state index is 0.336. The molecular formula is C15H20Cl3N3O. The normalized spacial score (nSPS) is 13.5. The van der Waals surface area contributed by atoms with E-state index in [1.54, 1.807) is 6.08 Å². The van der Waals surface area contributed by atoms with Gasteiger partial charge in [-0.25, -0.2) is 0 Å². The van der Waals surface area contributed by atoms with Gasteiger partial charge >= 0.3 is 0 Å². The maximum Gasteiger partial charge on any atom is 0.245 e. The third-order valence-corrected chi connectivity index (χ3v) is 3.40. The number of alkyl halides is 3. The summed E-state index contributed by atoms with van der Waals surface area (Å²) in [6.45, 7) is 1.33. The highest BCUT2D eigenvalue weighted by Crippen LogP contribution is 2.28. The zero-order valence-corrected chi connectivity index (χ0v) is 14.8. The number of nitrogens with zero attached hydrogens (tertiary/aromatic N) is 1. The van der Waals surface area contributed by atoms with Gasteiger partial charge in [-0.05, 0) is 25.7 Å². The molecule has 0 radical (unpaired) electrons. The van der Waals surface area contributed by atoms with Gasteiger partial charge in [0.05, 0.1) is 0 Å². The van der Waals surface area contributed by atoms with Gasteiger partial charge in [0.1, 0.15) is 6.17 Å². The molecular weight excluding hydrogens is 345 g/mol. The van der Waals surface area contributed by atoms with Gasteiger partial charge in [0.25, 0.3) is 0 Å². The van der Waals surface area contributed by atoms with Crippen molar-refractivity contribution >= 4 is 46.8 Å². The van der Waals surface area contributed by atoms with Gasteiger partial charge in [0.2, 0.25) is 9.70 Å². The zero-order chi connectivity index (χ0) is 16.6. The highest BCUT2D eigenvalue weighted by atomic mass is 35.6. The standard InChI is InChI=1S/C15H20Cl3N3O/c1-21(2)11-10-19-14(15(16,17)18)20-13(22)9-8-12-6-4-3-5-7-12/h3-9,14,19H,10-11H2,1-2H3,(H,20,22)/b9-8+/t14-/m0/s1. The van der Waals surface area contributed by atoms with Crippen LogP contribution < -0.4 is 10.6 Å². The van der Waals surface area contributed by atoms with Crippen molar-refractivity contribution in [2.24, 2.45) is 0 Å². The van der Waals surface area contributed by atoms with Crippen LogP contribution in [0, 0.1) is 0 Å². The molecule has 0 fully saturated rings. The van der Waals surface area contributed by atoms with E-state index < -0.39 is 9.96 Å². The average Bonchev–Trinajstić information content (AvgIpc) is 2.44. The highest BCUT2D eigenvalue weighted by molar-refractivity contribution is 6.68. The van der Waals surface area contributed by atoms with Crippen LogP contribution in [0.3, 0.4) is 0 Å². The number of amides is 1. The number of hydrogen-bond donors (Lipinski definition) is 2. The van der Waals surface area contributed by atoms with Gasteiger partial charge < -0.3 is 10.2 Å². The highest BCUT2D eigenvalue weighted by Gasteiger charge is 2.33. The van der Waals surface area contributed by atoms with Crippen molar-refractivity contribution in [3.05, 3.63) is 42.0 Å². The van der Waals surface area contributed by atoms with Crippen molar-refractivity contribution in [1.82, 2.24) is 15.5 Å². The monoisotopic (exact) mass is 363 g/mol. The predicted octanol–water partition coefficient (Wildman–Crippen LogP) is 2.66. The second kappa shape index (κ2) is 9.38. The van der Waals surface area contributed by atoms with Gasteiger partial charge in [-0.3, -0.25) is 10.1 Å². The van der Waals surface area contributed by atoms with Crippen LogP contribution in [0.5, 0.6) is 0 Å². The van der Waals surface area contributed by atoms with E-state index in [9.17, 15) is 4.79 Å². The second-order valence-electron chi connectivity index (χ2n) is 4.98. The number of benzene rings is 1. The summed E-state index contributed by atoms with van der Waals surface area (Å²) in [6.07, 6.45) is 2.34. The van der Waals surface area contributed by atoms with Crippen LogP contribution in [0.2, 0.25) is 0 Å². The molecule has 122 valence electrons. The van der Waals surface area contributed by atoms with Gasteiger partial charge in [-0.1, -0.05) is 65.1 Å². The second-order valence-corrected chi connectivity index (χ2v) is 7.35. The summed E-state index contributed by atoms with van der Waals surface area (Å²) in [5.74, 6) is -0.336. The fraction of sp³-hybridized carbons (Fsp3) is 0.400. The molecule has 0 aliphatic carbocycles. The first kappa shape index (κ1) is 19.3. The van der Waals surface area contributed by atoms with Gasteiger partial charge in [-0.2, -0.15) is 0 Å². The first-order chi connectivity index (χ1) is 10.3. The average molecular weight is 365 g/mol. The summed E-state index contributed by atoms with van der Waals surface area (Å²) in [5.41, 5.74) is 0.920. The van der Waals surface area contributed by atoms with Crippen molar-refractivity contribution in [2.75, 3.05) is 27.2 Å². The number of hydrogen-bond acceptors (Lipinski definition) is 3. The Kier molecular flexibility index (Phi) is 8.21. The minimum atomic E-state index is -1.64. The van der Waals surface area contributed by atoms with Crippen molar-refractivity contribution < 1.29 is 4.79 Å². The number of carbonyl (C=O) groups is 1. The molecule has 0 bridgehead atoms. The fourth-order valence-corrected chi connectivity index (χ4v) is 2.00. The van der Waals surface area contributed by atoms with E-state index in [0.717, 1.165) is 12.1 Å². The molecule has 1 amide bonds. The molecule has 0 saturated heterocycles. The number of nitrogens with one attached hydrogen (secondary N) is 2. The molecule has 7 heteroatoms. The number of halogens is 3. The number of rotatable bonds is 7. The van der Waals surface area contributed by atoms with Crippen molar-refractivity contribution in [3.63, 3.8) is 0 Å². The van der Waals surface area contributed by atoms with E-state index in [1.165, 1.54) is 6.08 Å². The summed E-state index contributed by atoms with van der Waals surface area (Å²) in [7, 11) is 3.88. The third-order valence-electron chi connectivity index (χ3n) is 2.75. The molecule has 22 heavy (non-hydrogen) atoms. The molecule has 0 aromatic heterocycles. The molecule has 4 nitrogen and oxygen atoms in total. The summed E-state index contributed by atoms with van der Waals surface area (Å²) in [4.78, 5) is 13.9. The maximum atomic E-state index is 11.9. The predicted molar refractivity (Wildman–Crippen MR) is 94.3 cm³/mol. The fourth-order valence-electron chi connectivity index (χ4n) is 1.61. The number of likely N-dealkylation sites (N-methyl/N-ethyl adjacent to an activating group) is 1. The van der Waals surface area contributed by atoms with E-state index in [0.29, 0.717) is 6.54 Å². The van der Waals surface area contributed by atoms with E-state index >= 15 is 0 Å². The molecule has 0 saturated carbocycles. The van der Waals surface area contributed by atoms with Crippen LogP contribution in [-0.2, 0) is 4.79 Å². The first-order valence-electron chi connectivity index (χ1n) is 6.77. The SMILES string of the molecule is CN(C)CCN[C@@H](NC(=O)/C=C/c1ccccc1)C(Cl)(Cl)Cl. The molecule has 1 aromatic carbocycles. The van der Waals surface area contributed by atoms with Gasteiger partial charge in [-0.15, -0.1) is 0 Å². The molecule has 0 aliphatic rings. The Morgan fingerprint density at radius 3 is 2.45 bits per heavy atom. The van der Waals surface area contributed by atoms with E-state index in [4.69, 9.17) is 34.8 Å². The molecule has 0 spiro atoms. The lowest BCUT2D eigenvalue weighted by molar-refractivity contribution is -0.117. The van der Waals surface area contributed by atoms with E-state index in [1.807, 2.05) is 49.3 Å². The summed E-state index contributed by atoms with van der Waals surface area (Å²) in [5, 5.41) is 5.67. The molecule has 0 unspecified atom stereocenters. The van der Waals surface area contributed by atoms with Crippen LogP contribution >= 0.6 is 34.8 Å². The topological polar surface area (TPSA) is 44.4 Å². The van der Waals surface area contributed by atoms with Crippen molar-refractivity contribution in [3.8, 4) is 0 Å². The maximum absolute atomic E-state index is 11.9. The van der Waals surface area contributed by atoms with Crippen molar-refractivity contribution in [1.29, 1.82) is 0 Å². The summed E-state index contributed by atoms with van der Waals surface area (Å²) in [6, 6.07) is 9.48. The lowest BCUT2D eigenvalue weighted by atomic mass is 10.2. The molecule has 2 N–H and O–H groups in total. The van der Waals surface area contributed by atoms with Crippen LogP contribution in [0.1, 0.15) is 5.56 Å². The molecule has 1 aromatic rings. The largest absolute Gasteiger partial charge is 0.333 e. The quantitative estimate of drug-likeness (QED) is 0.444. The Hall–Kier alpha value is -0.780.